The van der Waals surface area contributed by atoms with Crippen LogP contribution in [0.1, 0.15) is 30.9 Å². The van der Waals surface area contributed by atoms with Crippen LogP contribution >= 0.6 is 24.0 Å². The summed E-state index contributed by atoms with van der Waals surface area (Å²) in [6.45, 7) is 4.39. The van der Waals surface area contributed by atoms with Gasteiger partial charge < -0.3 is 20.1 Å². The lowest BCUT2D eigenvalue weighted by Crippen LogP contribution is -2.41. The number of benzene rings is 2. The Bertz CT molecular complexity index is 774. The van der Waals surface area contributed by atoms with Gasteiger partial charge in [-0.2, -0.15) is 0 Å². The van der Waals surface area contributed by atoms with Gasteiger partial charge in [-0.15, -0.1) is 24.0 Å². The summed E-state index contributed by atoms with van der Waals surface area (Å²) in [5, 5.41) is 6.86. The lowest BCUT2D eigenvalue weighted by Gasteiger charge is -2.21. The van der Waals surface area contributed by atoms with Crippen molar-refractivity contribution in [1.82, 2.24) is 10.6 Å². The molecule has 0 aliphatic heterocycles. The number of halogens is 1. The predicted molar refractivity (Wildman–Crippen MR) is 125 cm³/mol. The molecular weight excluding hydrogens is 465 g/mol. The molecule has 2 aromatic carbocycles. The summed E-state index contributed by atoms with van der Waals surface area (Å²) in [5.74, 6) is 2.67. The molecular formula is C22H30IN3O2. The highest BCUT2D eigenvalue weighted by molar-refractivity contribution is 14.0. The van der Waals surface area contributed by atoms with E-state index in [-0.39, 0.29) is 29.4 Å². The number of nitrogens with one attached hydrogen (secondary N) is 2. The number of hydrogen-bond donors (Lipinski definition) is 2. The number of ether oxygens (including phenoxy) is 2. The maximum Gasteiger partial charge on any atom is 0.191 e. The Balaban J connectivity index is 0.00000280. The summed E-state index contributed by atoms with van der Waals surface area (Å²) in [6.07, 6.45) is 2.33. The molecule has 1 aliphatic carbocycles. The Labute approximate surface area is 184 Å². The van der Waals surface area contributed by atoms with Crippen molar-refractivity contribution in [2.45, 2.75) is 31.7 Å². The van der Waals surface area contributed by atoms with Gasteiger partial charge in [0.1, 0.15) is 11.5 Å². The van der Waals surface area contributed by atoms with Gasteiger partial charge in [0.2, 0.25) is 0 Å². The van der Waals surface area contributed by atoms with Crippen LogP contribution in [0.15, 0.2) is 53.5 Å². The Morgan fingerprint density at radius 3 is 2.32 bits per heavy atom. The number of hydrogen-bond acceptors (Lipinski definition) is 3. The van der Waals surface area contributed by atoms with Crippen molar-refractivity contribution >= 4 is 29.9 Å². The summed E-state index contributed by atoms with van der Waals surface area (Å²) in [6, 6.07) is 16.3. The van der Waals surface area contributed by atoms with Crippen LogP contribution in [-0.4, -0.2) is 33.3 Å². The van der Waals surface area contributed by atoms with Crippen LogP contribution in [0.4, 0.5) is 0 Å². The van der Waals surface area contributed by atoms with E-state index in [4.69, 9.17) is 14.5 Å². The highest BCUT2D eigenvalue weighted by Gasteiger charge is 2.46. The van der Waals surface area contributed by atoms with E-state index in [1.807, 2.05) is 36.4 Å². The van der Waals surface area contributed by atoms with E-state index < -0.39 is 0 Å². The van der Waals surface area contributed by atoms with E-state index in [0.717, 1.165) is 49.0 Å². The third-order valence-corrected chi connectivity index (χ3v) is 5.05. The first-order chi connectivity index (χ1) is 13.2. The molecule has 3 rings (SSSR count). The molecule has 0 radical (unpaired) electrons. The third kappa shape index (κ3) is 5.53. The number of rotatable bonds is 8. The van der Waals surface area contributed by atoms with Gasteiger partial charge >= 0.3 is 0 Å². The standard InChI is InChI=1S/C22H29N3O2.HI/c1-4-23-21(24-15-17-9-11-18(26-2)12-10-17)25-16-22(13-14-22)19-7-5-6-8-20(19)27-3;/h5-12H,4,13-16H2,1-3H3,(H2,23,24,25);1H. The zero-order chi connectivity index (χ0) is 19.1. The van der Waals surface area contributed by atoms with Gasteiger partial charge in [-0.05, 0) is 43.5 Å². The fourth-order valence-corrected chi connectivity index (χ4v) is 3.27. The van der Waals surface area contributed by atoms with E-state index in [1.54, 1.807) is 14.2 Å². The molecule has 152 valence electrons. The summed E-state index contributed by atoms with van der Waals surface area (Å²) in [4.78, 5) is 4.73. The minimum Gasteiger partial charge on any atom is -0.497 e. The second-order valence-corrected chi connectivity index (χ2v) is 6.88. The minimum absolute atomic E-state index is 0. The van der Waals surface area contributed by atoms with Crippen LogP contribution in [0.25, 0.3) is 0 Å². The first-order valence-corrected chi connectivity index (χ1v) is 9.49. The van der Waals surface area contributed by atoms with Crippen LogP contribution in [0.3, 0.4) is 0 Å². The Hall–Kier alpha value is -1.96. The number of guanidine groups is 1. The normalized spacial score (nSPS) is 14.6. The maximum atomic E-state index is 5.57. The molecule has 1 fully saturated rings. The summed E-state index contributed by atoms with van der Waals surface area (Å²) < 4.78 is 10.8. The van der Waals surface area contributed by atoms with Gasteiger partial charge in [-0.3, -0.25) is 0 Å². The first-order valence-electron chi connectivity index (χ1n) is 9.49. The summed E-state index contributed by atoms with van der Waals surface area (Å²) >= 11 is 0. The molecule has 6 heteroatoms. The van der Waals surface area contributed by atoms with Gasteiger partial charge in [0, 0.05) is 24.1 Å². The van der Waals surface area contributed by atoms with Crippen molar-refractivity contribution in [3.05, 3.63) is 59.7 Å². The number of methoxy groups -OCH3 is 2. The van der Waals surface area contributed by atoms with Crippen molar-refractivity contribution in [1.29, 1.82) is 0 Å². The molecule has 0 heterocycles. The Morgan fingerprint density at radius 1 is 1.00 bits per heavy atom. The molecule has 1 aliphatic rings. The molecule has 5 nitrogen and oxygen atoms in total. The monoisotopic (exact) mass is 495 g/mol. The van der Waals surface area contributed by atoms with E-state index in [1.165, 1.54) is 5.56 Å². The fraction of sp³-hybridized carbons (Fsp3) is 0.409. The molecule has 0 saturated heterocycles. The van der Waals surface area contributed by atoms with E-state index >= 15 is 0 Å². The predicted octanol–water partition coefficient (Wildman–Crippen LogP) is 4.11. The minimum atomic E-state index is 0. The largest absolute Gasteiger partial charge is 0.497 e. The zero-order valence-corrected chi connectivity index (χ0v) is 19.2. The summed E-state index contributed by atoms with van der Waals surface area (Å²) in [7, 11) is 3.42. The zero-order valence-electron chi connectivity index (χ0n) is 16.8. The Morgan fingerprint density at radius 2 is 1.71 bits per heavy atom. The second kappa shape index (κ2) is 10.5. The van der Waals surface area contributed by atoms with Crippen LogP contribution in [0, 0.1) is 0 Å². The third-order valence-electron chi connectivity index (χ3n) is 5.05. The van der Waals surface area contributed by atoms with Crippen molar-refractivity contribution in [3.8, 4) is 11.5 Å². The number of para-hydroxylation sites is 1. The summed E-state index contributed by atoms with van der Waals surface area (Å²) in [5.41, 5.74) is 2.58. The van der Waals surface area contributed by atoms with Crippen LogP contribution < -0.4 is 20.1 Å². The molecule has 2 N–H and O–H groups in total. The molecule has 1 saturated carbocycles. The van der Waals surface area contributed by atoms with Crippen LogP contribution in [0.5, 0.6) is 11.5 Å². The lowest BCUT2D eigenvalue weighted by molar-refractivity contribution is 0.403. The van der Waals surface area contributed by atoms with Crippen LogP contribution in [-0.2, 0) is 12.0 Å². The molecule has 28 heavy (non-hydrogen) atoms. The maximum absolute atomic E-state index is 5.57. The number of aliphatic imine (C=N–C) groups is 1. The van der Waals surface area contributed by atoms with E-state index in [0.29, 0.717) is 6.54 Å². The van der Waals surface area contributed by atoms with Crippen molar-refractivity contribution < 1.29 is 9.47 Å². The van der Waals surface area contributed by atoms with Gasteiger partial charge in [-0.1, -0.05) is 30.3 Å². The first kappa shape index (κ1) is 22.3. The van der Waals surface area contributed by atoms with Crippen LogP contribution in [0.2, 0.25) is 0 Å². The molecule has 0 unspecified atom stereocenters. The number of nitrogens with zero attached hydrogens (tertiary/aromatic N) is 1. The molecule has 0 bridgehead atoms. The molecule has 2 aromatic rings. The average molecular weight is 495 g/mol. The molecule has 0 spiro atoms. The van der Waals surface area contributed by atoms with Crippen molar-refractivity contribution in [3.63, 3.8) is 0 Å². The lowest BCUT2D eigenvalue weighted by atomic mass is 9.95. The Kier molecular flexibility index (Phi) is 8.41. The van der Waals surface area contributed by atoms with E-state index in [2.05, 4.69) is 29.7 Å². The van der Waals surface area contributed by atoms with Crippen molar-refractivity contribution in [2.24, 2.45) is 4.99 Å². The van der Waals surface area contributed by atoms with Gasteiger partial charge in [0.15, 0.2) is 5.96 Å². The van der Waals surface area contributed by atoms with E-state index in [9.17, 15) is 0 Å². The average Bonchev–Trinajstić information content (AvgIpc) is 3.51. The molecule has 0 atom stereocenters. The fourth-order valence-electron chi connectivity index (χ4n) is 3.27. The van der Waals surface area contributed by atoms with Gasteiger partial charge in [0.25, 0.3) is 0 Å². The smallest absolute Gasteiger partial charge is 0.191 e. The highest BCUT2D eigenvalue weighted by Crippen LogP contribution is 2.50. The molecule has 0 aromatic heterocycles. The highest BCUT2D eigenvalue weighted by atomic mass is 127. The SMILES string of the molecule is CCNC(=NCc1ccc(OC)cc1)NCC1(c2ccccc2OC)CC1.I. The molecule has 0 amide bonds. The quantitative estimate of drug-likeness (QED) is 0.329. The van der Waals surface area contributed by atoms with Crippen molar-refractivity contribution in [2.75, 3.05) is 27.3 Å². The second-order valence-electron chi connectivity index (χ2n) is 6.88. The van der Waals surface area contributed by atoms with Gasteiger partial charge in [-0.25, -0.2) is 4.99 Å². The van der Waals surface area contributed by atoms with Gasteiger partial charge in [0.05, 0.1) is 20.8 Å². The topological polar surface area (TPSA) is 54.9 Å².